The maximum Gasteiger partial charge on any atom is 0.138 e. The van der Waals surface area contributed by atoms with Crippen LogP contribution in [0, 0.1) is 0 Å². The number of nitrogens with two attached hydrogens (primary N) is 1. The maximum atomic E-state index is 11.9. The van der Waals surface area contributed by atoms with E-state index in [4.69, 9.17) is 22.3 Å². The van der Waals surface area contributed by atoms with Crippen molar-refractivity contribution in [3.8, 4) is 10.6 Å². The van der Waals surface area contributed by atoms with Gasteiger partial charge in [-0.1, -0.05) is 29.8 Å². The Hall–Kier alpha value is -2.91. The van der Waals surface area contributed by atoms with Crippen LogP contribution in [0.2, 0.25) is 5.02 Å². The van der Waals surface area contributed by atoms with Crippen molar-refractivity contribution in [1.29, 1.82) is 0 Å². The van der Waals surface area contributed by atoms with Crippen LogP contribution in [0.1, 0.15) is 11.3 Å². The Morgan fingerprint density at radius 2 is 1.97 bits per heavy atom. The number of hydrogen-bond donors (Lipinski definition) is 1. The van der Waals surface area contributed by atoms with Gasteiger partial charge in [0.15, 0.2) is 0 Å². The van der Waals surface area contributed by atoms with E-state index in [9.17, 15) is 4.79 Å². The number of carbonyl (C=O) groups is 1. The van der Waals surface area contributed by atoms with Crippen LogP contribution >= 0.6 is 22.9 Å². The predicted molar refractivity (Wildman–Crippen MR) is 132 cm³/mol. The van der Waals surface area contributed by atoms with E-state index in [1.54, 1.807) is 11.3 Å². The first-order valence-electron chi connectivity index (χ1n) is 10.7. The summed E-state index contributed by atoms with van der Waals surface area (Å²) >= 11 is 7.62. The first-order valence-corrected chi connectivity index (χ1v) is 12.0. The summed E-state index contributed by atoms with van der Waals surface area (Å²) in [6.07, 6.45) is 2.53. The lowest BCUT2D eigenvalue weighted by Crippen LogP contribution is -2.53. The van der Waals surface area contributed by atoms with E-state index in [1.807, 2.05) is 42.5 Å². The summed E-state index contributed by atoms with van der Waals surface area (Å²) in [6.45, 7) is 3.78. The number of thiazole rings is 1. The first-order chi connectivity index (χ1) is 16.1. The molecule has 0 spiro atoms. The lowest BCUT2D eigenvalue weighted by molar-refractivity contribution is -0.115. The van der Waals surface area contributed by atoms with Crippen LogP contribution in [-0.2, 0) is 17.9 Å². The van der Waals surface area contributed by atoms with Crippen molar-refractivity contribution in [3.05, 3.63) is 70.5 Å². The number of carbonyl (C=O) groups excluding carboxylic acids is 1. The Morgan fingerprint density at radius 1 is 1.12 bits per heavy atom. The molecule has 1 fully saturated rings. The quantitative estimate of drug-likeness (QED) is 0.421. The van der Waals surface area contributed by atoms with Crippen LogP contribution < -0.4 is 5.73 Å². The van der Waals surface area contributed by atoms with E-state index < -0.39 is 0 Å². The maximum absolute atomic E-state index is 11.9. The average molecular weight is 479 g/mol. The van der Waals surface area contributed by atoms with Gasteiger partial charge in [-0.05, 0) is 29.8 Å². The van der Waals surface area contributed by atoms with Crippen LogP contribution in [0.3, 0.4) is 0 Å². The smallest absolute Gasteiger partial charge is 0.138 e. The van der Waals surface area contributed by atoms with Crippen molar-refractivity contribution in [3.63, 3.8) is 0 Å². The van der Waals surface area contributed by atoms with Crippen molar-refractivity contribution in [2.45, 2.75) is 19.1 Å². The van der Waals surface area contributed by atoms with Gasteiger partial charge >= 0.3 is 0 Å². The summed E-state index contributed by atoms with van der Waals surface area (Å²) in [7, 11) is 0. The predicted octanol–water partition coefficient (Wildman–Crippen LogP) is 3.87. The van der Waals surface area contributed by atoms with E-state index in [0.29, 0.717) is 18.9 Å². The number of fused-ring (bicyclic) bond motifs is 1. The molecule has 1 aliphatic rings. The highest BCUT2D eigenvalue weighted by molar-refractivity contribution is 7.13. The normalized spacial score (nSPS) is 17.4. The molecule has 0 amide bonds. The Labute approximate surface area is 200 Å². The van der Waals surface area contributed by atoms with Gasteiger partial charge in [0.2, 0.25) is 0 Å². The third kappa shape index (κ3) is 4.89. The Kier molecular flexibility index (Phi) is 6.32. The highest BCUT2D eigenvalue weighted by Gasteiger charge is 2.27. The van der Waals surface area contributed by atoms with Crippen LogP contribution in [0.15, 0.2) is 54.2 Å². The molecule has 33 heavy (non-hydrogen) atoms. The summed E-state index contributed by atoms with van der Waals surface area (Å²) in [4.78, 5) is 29.6. The molecule has 0 aliphatic carbocycles. The Balaban J connectivity index is 1.23. The lowest BCUT2D eigenvalue weighted by atomic mass is 10.1. The Bertz CT molecular complexity index is 1280. The average Bonchev–Trinajstić information content (AvgIpc) is 3.29. The monoisotopic (exact) mass is 478 g/mol. The largest absolute Gasteiger partial charge is 0.383 e. The van der Waals surface area contributed by atoms with Crippen LogP contribution in [0.5, 0.6) is 0 Å². The second-order valence-electron chi connectivity index (χ2n) is 8.17. The standard InChI is InChI=1S/C24H23ClN6OS/c25-18-4-2-17(3-5-18)24-29-19(14-33-24)11-30-7-8-31(20(12-30)13-32)10-16-1-6-21-22(9-16)27-15-28-23(21)26/h1-6,9,13-15,20H,7-8,10-12H2,(H2,26,27,28). The van der Waals surface area contributed by atoms with Gasteiger partial charge in [0, 0.05) is 54.1 Å². The van der Waals surface area contributed by atoms with Gasteiger partial charge < -0.3 is 10.5 Å². The molecule has 4 aromatic rings. The molecule has 7 nitrogen and oxygen atoms in total. The second kappa shape index (κ2) is 9.52. The highest BCUT2D eigenvalue weighted by Crippen LogP contribution is 2.26. The number of halogens is 1. The van der Waals surface area contributed by atoms with Gasteiger partial charge in [-0.2, -0.15) is 0 Å². The van der Waals surface area contributed by atoms with Gasteiger partial charge in [-0.3, -0.25) is 9.80 Å². The van der Waals surface area contributed by atoms with Crippen molar-refractivity contribution in [1.82, 2.24) is 24.8 Å². The third-order valence-corrected chi connectivity index (χ3v) is 7.11. The fourth-order valence-corrected chi connectivity index (χ4v) is 5.11. The number of aldehydes is 1. The number of nitrogens with zero attached hydrogens (tertiary/aromatic N) is 5. The van der Waals surface area contributed by atoms with Crippen LogP contribution in [0.25, 0.3) is 21.5 Å². The molecule has 0 bridgehead atoms. The van der Waals surface area contributed by atoms with Crippen molar-refractivity contribution >= 4 is 45.9 Å². The zero-order chi connectivity index (χ0) is 22.8. The summed E-state index contributed by atoms with van der Waals surface area (Å²) in [5.74, 6) is 0.479. The minimum Gasteiger partial charge on any atom is -0.383 e. The van der Waals surface area contributed by atoms with E-state index >= 15 is 0 Å². The van der Waals surface area contributed by atoms with Crippen LogP contribution in [-0.4, -0.2) is 56.7 Å². The zero-order valence-electron chi connectivity index (χ0n) is 17.9. The number of benzene rings is 2. The van der Waals surface area contributed by atoms with Crippen molar-refractivity contribution < 1.29 is 4.79 Å². The first kappa shape index (κ1) is 21.9. The third-order valence-electron chi connectivity index (χ3n) is 5.92. The van der Waals surface area contributed by atoms with Gasteiger partial charge in [0.25, 0.3) is 0 Å². The highest BCUT2D eigenvalue weighted by atomic mass is 35.5. The molecule has 3 heterocycles. The van der Waals surface area contributed by atoms with E-state index in [1.165, 1.54) is 6.33 Å². The number of anilines is 1. The number of hydrogen-bond acceptors (Lipinski definition) is 8. The molecule has 0 saturated carbocycles. The van der Waals surface area contributed by atoms with Crippen molar-refractivity contribution in [2.24, 2.45) is 0 Å². The molecule has 1 saturated heterocycles. The molecule has 168 valence electrons. The molecule has 0 radical (unpaired) electrons. The SMILES string of the molecule is Nc1ncnc2cc(CN3CCN(Cc4csc(-c5ccc(Cl)cc5)n4)CC3C=O)ccc12. The molecule has 9 heteroatoms. The zero-order valence-corrected chi connectivity index (χ0v) is 19.5. The Morgan fingerprint density at radius 3 is 2.79 bits per heavy atom. The molecule has 1 unspecified atom stereocenters. The number of aromatic nitrogens is 3. The number of nitrogen functional groups attached to an aromatic ring is 1. The van der Waals surface area contributed by atoms with E-state index in [-0.39, 0.29) is 6.04 Å². The molecular weight excluding hydrogens is 456 g/mol. The lowest BCUT2D eigenvalue weighted by Gasteiger charge is -2.38. The van der Waals surface area contributed by atoms with E-state index in [0.717, 1.165) is 63.7 Å². The molecule has 2 aromatic carbocycles. The fourth-order valence-electron chi connectivity index (χ4n) is 4.17. The van der Waals surface area contributed by atoms with E-state index in [2.05, 4.69) is 25.1 Å². The topological polar surface area (TPSA) is 88.2 Å². The minimum atomic E-state index is -0.167. The van der Waals surface area contributed by atoms with Gasteiger partial charge in [0.1, 0.15) is 23.4 Å². The number of rotatable bonds is 6. The van der Waals surface area contributed by atoms with Crippen LogP contribution in [0.4, 0.5) is 5.82 Å². The van der Waals surface area contributed by atoms with Crippen molar-refractivity contribution in [2.75, 3.05) is 25.4 Å². The molecule has 1 atom stereocenters. The molecule has 2 aromatic heterocycles. The fraction of sp³-hybridized carbons (Fsp3) is 0.250. The molecular formula is C24H23ClN6OS. The van der Waals surface area contributed by atoms with Gasteiger partial charge in [-0.15, -0.1) is 11.3 Å². The molecule has 1 aliphatic heterocycles. The molecule has 2 N–H and O–H groups in total. The second-order valence-corrected chi connectivity index (χ2v) is 9.46. The summed E-state index contributed by atoms with van der Waals surface area (Å²) < 4.78 is 0. The van der Waals surface area contributed by atoms with Gasteiger partial charge in [-0.25, -0.2) is 15.0 Å². The summed E-state index contributed by atoms with van der Waals surface area (Å²) in [5, 5.41) is 4.64. The molecule has 5 rings (SSSR count). The summed E-state index contributed by atoms with van der Waals surface area (Å²) in [5.41, 5.74) is 9.94. The van der Waals surface area contributed by atoms with Gasteiger partial charge in [0.05, 0.1) is 17.3 Å². The summed E-state index contributed by atoms with van der Waals surface area (Å²) in [6, 6.07) is 13.6. The number of piperazine rings is 1. The minimum absolute atomic E-state index is 0.167.